The Bertz CT molecular complexity index is 633. The summed E-state index contributed by atoms with van der Waals surface area (Å²) in [5.41, 5.74) is 2.85. The van der Waals surface area contributed by atoms with Crippen molar-refractivity contribution >= 4 is 11.6 Å². The maximum Gasteiger partial charge on any atom is 0.254 e. The zero-order chi connectivity index (χ0) is 15.4. The summed E-state index contributed by atoms with van der Waals surface area (Å²) in [6.07, 6.45) is 3.62. The molecular formula is C16H22N4O. The average Bonchev–Trinajstić information content (AvgIpc) is 2.86. The molecule has 0 saturated heterocycles. The van der Waals surface area contributed by atoms with Gasteiger partial charge in [0.2, 0.25) is 0 Å². The second-order valence-corrected chi connectivity index (χ2v) is 5.18. The van der Waals surface area contributed by atoms with E-state index in [4.69, 9.17) is 0 Å². The van der Waals surface area contributed by atoms with Gasteiger partial charge in [-0.1, -0.05) is 0 Å². The van der Waals surface area contributed by atoms with E-state index in [2.05, 4.69) is 17.2 Å². The van der Waals surface area contributed by atoms with Crippen LogP contribution in [-0.4, -0.2) is 34.0 Å². The van der Waals surface area contributed by atoms with E-state index in [1.54, 1.807) is 18.1 Å². The normalized spacial score (nSPS) is 10.5. The molecule has 5 nitrogen and oxygen atoms in total. The van der Waals surface area contributed by atoms with Crippen molar-refractivity contribution in [1.29, 1.82) is 0 Å². The van der Waals surface area contributed by atoms with E-state index in [9.17, 15) is 4.79 Å². The Labute approximate surface area is 125 Å². The van der Waals surface area contributed by atoms with Gasteiger partial charge in [0.05, 0.1) is 6.54 Å². The van der Waals surface area contributed by atoms with Crippen LogP contribution in [0.3, 0.4) is 0 Å². The third-order valence-electron chi connectivity index (χ3n) is 3.49. The molecule has 0 saturated carbocycles. The minimum absolute atomic E-state index is 0.00384. The first kappa shape index (κ1) is 15.1. The van der Waals surface area contributed by atoms with Crippen molar-refractivity contribution in [1.82, 2.24) is 14.5 Å². The van der Waals surface area contributed by atoms with Gasteiger partial charge in [-0.15, -0.1) is 0 Å². The summed E-state index contributed by atoms with van der Waals surface area (Å²) < 4.78 is 1.92. The summed E-state index contributed by atoms with van der Waals surface area (Å²) in [5, 5.41) is 3.28. The molecule has 1 heterocycles. The number of nitrogens with zero attached hydrogens (tertiary/aromatic N) is 3. The molecule has 1 amide bonds. The third kappa shape index (κ3) is 3.42. The molecule has 0 bridgehead atoms. The van der Waals surface area contributed by atoms with Gasteiger partial charge < -0.3 is 14.8 Å². The number of imidazole rings is 1. The Morgan fingerprint density at radius 3 is 2.76 bits per heavy atom. The molecule has 2 rings (SSSR count). The van der Waals surface area contributed by atoms with Crippen LogP contribution in [0.5, 0.6) is 0 Å². The van der Waals surface area contributed by atoms with Gasteiger partial charge in [0.15, 0.2) is 0 Å². The number of amides is 1. The summed E-state index contributed by atoms with van der Waals surface area (Å²) in [7, 11) is 3.72. The molecule has 0 aliphatic heterocycles. The molecule has 0 aliphatic carbocycles. The Balaban J connectivity index is 2.12. The number of benzene rings is 1. The Hall–Kier alpha value is -2.30. The van der Waals surface area contributed by atoms with Crippen molar-refractivity contribution in [3.8, 4) is 0 Å². The van der Waals surface area contributed by atoms with Gasteiger partial charge in [-0.3, -0.25) is 4.79 Å². The molecule has 0 radical (unpaired) electrons. The molecule has 112 valence electrons. The number of hydrogen-bond donors (Lipinski definition) is 1. The quantitative estimate of drug-likeness (QED) is 0.918. The van der Waals surface area contributed by atoms with E-state index >= 15 is 0 Å². The first-order chi connectivity index (χ1) is 10.0. The number of rotatable bonds is 5. The van der Waals surface area contributed by atoms with Crippen molar-refractivity contribution in [2.75, 3.05) is 18.9 Å². The predicted octanol–water partition coefficient (Wildman–Crippen LogP) is 2.43. The molecular weight excluding hydrogens is 264 g/mol. The number of carbonyl (C=O) groups is 1. The summed E-state index contributed by atoms with van der Waals surface area (Å²) >= 11 is 0. The van der Waals surface area contributed by atoms with Gasteiger partial charge in [0.1, 0.15) is 5.82 Å². The minimum atomic E-state index is 0.00384. The maximum atomic E-state index is 12.5. The lowest BCUT2D eigenvalue weighted by Gasteiger charge is -2.18. The summed E-state index contributed by atoms with van der Waals surface area (Å²) in [6.45, 7) is 5.43. The Morgan fingerprint density at radius 2 is 2.19 bits per heavy atom. The van der Waals surface area contributed by atoms with Gasteiger partial charge in [0, 0.05) is 44.3 Å². The van der Waals surface area contributed by atoms with Crippen LogP contribution in [-0.2, 0) is 13.6 Å². The van der Waals surface area contributed by atoms with E-state index in [0.29, 0.717) is 12.1 Å². The second kappa shape index (κ2) is 6.43. The van der Waals surface area contributed by atoms with Crippen molar-refractivity contribution in [2.45, 2.75) is 20.4 Å². The van der Waals surface area contributed by atoms with E-state index in [-0.39, 0.29) is 5.91 Å². The number of nitrogens with one attached hydrogen (secondary N) is 1. The number of hydrogen-bond acceptors (Lipinski definition) is 3. The lowest BCUT2D eigenvalue weighted by molar-refractivity contribution is 0.0780. The Morgan fingerprint density at radius 1 is 1.43 bits per heavy atom. The number of carbonyl (C=O) groups excluding carboxylic acids is 1. The zero-order valence-electron chi connectivity index (χ0n) is 13.1. The van der Waals surface area contributed by atoms with Crippen LogP contribution < -0.4 is 5.32 Å². The zero-order valence-corrected chi connectivity index (χ0v) is 13.1. The average molecular weight is 286 g/mol. The van der Waals surface area contributed by atoms with Gasteiger partial charge in [-0.25, -0.2) is 4.98 Å². The highest BCUT2D eigenvalue weighted by molar-refractivity contribution is 5.94. The van der Waals surface area contributed by atoms with Crippen LogP contribution in [0.1, 0.15) is 28.7 Å². The van der Waals surface area contributed by atoms with Crippen LogP contribution in [0.15, 0.2) is 30.6 Å². The minimum Gasteiger partial charge on any atom is -0.385 e. The Kier molecular flexibility index (Phi) is 4.62. The molecule has 0 unspecified atom stereocenters. The molecule has 0 atom stereocenters. The topological polar surface area (TPSA) is 50.2 Å². The molecule has 1 aromatic heterocycles. The lowest BCUT2D eigenvalue weighted by atomic mass is 10.1. The predicted molar refractivity (Wildman–Crippen MR) is 84.3 cm³/mol. The fourth-order valence-corrected chi connectivity index (χ4v) is 2.24. The summed E-state index contributed by atoms with van der Waals surface area (Å²) in [6, 6.07) is 5.75. The van der Waals surface area contributed by atoms with E-state index < -0.39 is 0 Å². The molecule has 1 aromatic carbocycles. The molecule has 0 spiro atoms. The van der Waals surface area contributed by atoms with Crippen LogP contribution in [0.25, 0.3) is 0 Å². The SMILES string of the molecule is CCNc1ccc(C(=O)N(C)Cc2nccn2C)cc1C. The van der Waals surface area contributed by atoms with Crippen molar-refractivity contribution in [3.63, 3.8) is 0 Å². The van der Waals surface area contributed by atoms with E-state index in [1.165, 1.54) is 0 Å². The lowest BCUT2D eigenvalue weighted by Crippen LogP contribution is -2.27. The van der Waals surface area contributed by atoms with Crippen LogP contribution in [0, 0.1) is 6.92 Å². The fourth-order valence-electron chi connectivity index (χ4n) is 2.24. The molecule has 2 aromatic rings. The number of aromatic nitrogens is 2. The fraction of sp³-hybridized carbons (Fsp3) is 0.375. The summed E-state index contributed by atoms with van der Waals surface area (Å²) in [4.78, 5) is 18.4. The molecule has 0 fully saturated rings. The standard InChI is InChI=1S/C16H22N4O/c1-5-17-14-7-6-13(10-12(14)2)16(21)20(4)11-15-18-8-9-19(15)3/h6-10,17H,5,11H2,1-4H3. The van der Waals surface area contributed by atoms with Gasteiger partial charge >= 0.3 is 0 Å². The molecule has 5 heteroatoms. The highest BCUT2D eigenvalue weighted by Crippen LogP contribution is 2.17. The third-order valence-corrected chi connectivity index (χ3v) is 3.49. The van der Waals surface area contributed by atoms with Crippen molar-refractivity contribution < 1.29 is 4.79 Å². The first-order valence-corrected chi connectivity index (χ1v) is 7.09. The van der Waals surface area contributed by atoms with Crippen molar-refractivity contribution in [2.24, 2.45) is 7.05 Å². The molecule has 0 aliphatic rings. The summed E-state index contributed by atoms with van der Waals surface area (Å²) in [5.74, 6) is 0.871. The number of anilines is 1. The van der Waals surface area contributed by atoms with Crippen molar-refractivity contribution in [3.05, 3.63) is 47.5 Å². The van der Waals surface area contributed by atoms with Gasteiger partial charge in [0.25, 0.3) is 5.91 Å². The highest BCUT2D eigenvalue weighted by atomic mass is 16.2. The van der Waals surface area contributed by atoms with Crippen LogP contribution in [0.4, 0.5) is 5.69 Å². The van der Waals surface area contributed by atoms with Gasteiger partial charge in [-0.2, -0.15) is 0 Å². The van der Waals surface area contributed by atoms with Crippen LogP contribution >= 0.6 is 0 Å². The smallest absolute Gasteiger partial charge is 0.254 e. The van der Waals surface area contributed by atoms with Crippen LogP contribution in [0.2, 0.25) is 0 Å². The molecule has 21 heavy (non-hydrogen) atoms. The monoisotopic (exact) mass is 286 g/mol. The van der Waals surface area contributed by atoms with Gasteiger partial charge in [-0.05, 0) is 37.6 Å². The van der Waals surface area contributed by atoms with E-state index in [1.807, 2.05) is 42.9 Å². The second-order valence-electron chi connectivity index (χ2n) is 5.18. The van der Waals surface area contributed by atoms with E-state index in [0.717, 1.165) is 23.6 Å². The highest BCUT2D eigenvalue weighted by Gasteiger charge is 2.14. The largest absolute Gasteiger partial charge is 0.385 e. The maximum absolute atomic E-state index is 12.5. The first-order valence-electron chi connectivity index (χ1n) is 7.09. The number of aryl methyl sites for hydroxylation is 2. The molecule has 1 N–H and O–H groups in total.